The second kappa shape index (κ2) is 9.79. The van der Waals surface area contributed by atoms with Gasteiger partial charge in [0.15, 0.2) is 28.6 Å². The molecule has 1 aliphatic heterocycles. The van der Waals surface area contributed by atoms with Gasteiger partial charge in [-0.2, -0.15) is 0 Å². The van der Waals surface area contributed by atoms with Crippen molar-refractivity contribution >= 4 is 35.0 Å². The van der Waals surface area contributed by atoms with Crippen LogP contribution >= 0.6 is 23.4 Å². The fourth-order valence-corrected chi connectivity index (χ4v) is 4.52. The summed E-state index contributed by atoms with van der Waals surface area (Å²) in [6.07, 6.45) is -0.449. The van der Waals surface area contributed by atoms with Gasteiger partial charge in [0, 0.05) is 16.4 Å². The van der Waals surface area contributed by atoms with Gasteiger partial charge in [-0.15, -0.1) is 10.2 Å². The lowest BCUT2D eigenvalue weighted by atomic mass is 10.2. The molecule has 5 rings (SSSR count). The highest BCUT2D eigenvalue weighted by molar-refractivity contribution is 8.00. The summed E-state index contributed by atoms with van der Waals surface area (Å²) in [4.78, 5) is 12.8. The summed E-state index contributed by atoms with van der Waals surface area (Å²) in [5, 5.41) is 12.5. The van der Waals surface area contributed by atoms with Gasteiger partial charge in [-0.1, -0.05) is 53.7 Å². The number of halogens is 1. The predicted molar refractivity (Wildman–Crippen MR) is 132 cm³/mol. The fraction of sp³-hybridized carbons (Fsp3) is 0.160. The molecule has 2 atom stereocenters. The molecule has 1 aromatic heterocycles. The number of para-hydroxylation sites is 3. The Morgan fingerprint density at radius 2 is 1.74 bits per heavy atom. The van der Waals surface area contributed by atoms with Gasteiger partial charge in [-0.25, -0.2) is 0 Å². The molecular weight excluding hydrogens is 472 g/mol. The van der Waals surface area contributed by atoms with Crippen LogP contribution in [0.3, 0.4) is 0 Å². The predicted octanol–water partition coefficient (Wildman–Crippen LogP) is 5.55. The van der Waals surface area contributed by atoms with Crippen LogP contribution in [0.5, 0.6) is 11.5 Å². The number of hydrogen-bond acceptors (Lipinski definition) is 6. The summed E-state index contributed by atoms with van der Waals surface area (Å²) in [5.74, 6) is 1.81. The topological polar surface area (TPSA) is 78.3 Å². The number of carbonyl (C=O) groups is 1. The van der Waals surface area contributed by atoms with Crippen molar-refractivity contribution in [1.82, 2.24) is 14.8 Å². The van der Waals surface area contributed by atoms with Crippen LogP contribution in [0.25, 0.3) is 5.69 Å². The number of rotatable bonds is 6. The normalized spacial score (nSPS) is 15.5. The lowest BCUT2D eigenvalue weighted by Gasteiger charge is -2.26. The Bertz CT molecular complexity index is 1300. The Kier molecular flexibility index (Phi) is 6.42. The summed E-state index contributed by atoms with van der Waals surface area (Å²) in [5.41, 5.74) is 1.55. The van der Waals surface area contributed by atoms with E-state index in [-0.39, 0.29) is 5.91 Å². The Balaban J connectivity index is 1.41. The smallest absolute Gasteiger partial charge is 0.237 e. The summed E-state index contributed by atoms with van der Waals surface area (Å²) < 4.78 is 14.0. The number of fused-ring (bicyclic) bond motifs is 1. The van der Waals surface area contributed by atoms with E-state index in [1.54, 1.807) is 24.3 Å². The Morgan fingerprint density at radius 3 is 2.50 bits per heavy atom. The molecule has 0 fully saturated rings. The van der Waals surface area contributed by atoms with Gasteiger partial charge in [0.2, 0.25) is 5.91 Å². The first-order valence-electron chi connectivity index (χ1n) is 10.7. The van der Waals surface area contributed by atoms with Crippen LogP contribution in [0.1, 0.15) is 18.9 Å². The van der Waals surface area contributed by atoms with Crippen molar-refractivity contribution in [3.8, 4) is 17.2 Å². The van der Waals surface area contributed by atoms with Gasteiger partial charge in [-0.3, -0.25) is 9.36 Å². The van der Waals surface area contributed by atoms with E-state index in [2.05, 4.69) is 15.5 Å². The summed E-state index contributed by atoms with van der Waals surface area (Å²) in [6, 6.07) is 24.3. The molecule has 2 unspecified atom stereocenters. The van der Waals surface area contributed by atoms with Gasteiger partial charge >= 0.3 is 0 Å². The minimum Gasteiger partial charge on any atom is -0.485 e. The molecule has 34 heavy (non-hydrogen) atoms. The van der Waals surface area contributed by atoms with Gasteiger partial charge in [0.05, 0.1) is 5.25 Å². The number of ether oxygens (including phenoxy) is 2. The lowest BCUT2D eigenvalue weighted by molar-refractivity contribution is -0.115. The number of aromatic nitrogens is 3. The number of thioether (sulfide) groups is 1. The van der Waals surface area contributed by atoms with Crippen molar-refractivity contribution in [2.75, 3.05) is 11.9 Å². The summed E-state index contributed by atoms with van der Waals surface area (Å²) in [6.45, 7) is 2.13. The lowest BCUT2D eigenvalue weighted by Crippen LogP contribution is -2.25. The number of benzene rings is 3. The Hall–Kier alpha value is -3.49. The van der Waals surface area contributed by atoms with Gasteiger partial charge < -0.3 is 14.8 Å². The highest BCUT2D eigenvalue weighted by atomic mass is 35.5. The third-order valence-corrected chi connectivity index (χ3v) is 6.53. The zero-order valence-corrected chi connectivity index (χ0v) is 19.8. The average Bonchev–Trinajstić information content (AvgIpc) is 3.29. The van der Waals surface area contributed by atoms with E-state index in [1.807, 2.05) is 66.1 Å². The van der Waals surface area contributed by atoms with E-state index in [1.165, 1.54) is 11.8 Å². The van der Waals surface area contributed by atoms with Crippen molar-refractivity contribution in [2.24, 2.45) is 0 Å². The number of anilines is 1. The molecule has 1 N–H and O–H groups in total. The standard InChI is InChI=1S/C25H21ClN4O3S/c1-16(24(31)27-18-13-11-17(26)12-14-18)34-25-29-28-23(30(25)19-7-3-2-4-8-19)22-15-32-20-9-5-6-10-21(20)33-22/h2-14,16,22H,15H2,1H3,(H,27,31). The molecule has 9 heteroatoms. The summed E-state index contributed by atoms with van der Waals surface area (Å²) >= 11 is 7.25. The van der Waals surface area contributed by atoms with Crippen LogP contribution in [-0.4, -0.2) is 32.5 Å². The molecular formula is C25H21ClN4O3S. The maximum atomic E-state index is 12.8. The van der Waals surface area contributed by atoms with Crippen LogP contribution < -0.4 is 14.8 Å². The van der Waals surface area contributed by atoms with E-state index < -0.39 is 11.4 Å². The minimum absolute atomic E-state index is 0.150. The van der Waals surface area contributed by atoms with E-state index in [9.17, 15) is 4.79 Å². The molecule has 0 aliphatic carbocycles. The Morgan fingerprint density at radius 1 is 1.03 bits per heavy atom. The molecule has 1 aliphatic rings. The van der Waals surface area contributed by atoms with Crippen LogP contribution in [0, 0.1) is 0 Å². The van der Waals surface area contributed by atoms with Crippen molar-refractivity contribution in [2.45, 2.75) is 23.4 Å². The minimum atomic E-state index is -0.449. The number of amides is 1. The monoisotopic (exact) mass is 492 g/mol. The molecule has 172 valence electrons. The zero-order valence-electron chi connectivity index (χ0n) is 18.2. The molecule has 0 saturated heterocycles. The first kappa shape index (κ1) is 22.3. The molecule has 2 heterocycles. The molecule has 1 amide bonds. The highest BCUT2D eigenvalue weighted by Crippen LogP contribution is 2.37. The molecule has 3 aromatic carbocycles. The molecule has 0 spiro atoms. The second-order valence-corrected chi connectivity index (χ2v) is 9.38. The van der Waals surface area contributed by atoms with Gasteiger partial charge in [0.1, 0.15) is 6.61 Å². The van der Waals surface area contributed by atoms with Crippen LogP contribution in [0.4, 0.5) is 5.69 Å². The third-order valence-electron chi connectivity index (χ3n) is 5.23. The average molecular weight is 493 g/mol. The molecule has 0 bridgehead atoms. The molecule has 7 nitrogen and oxygen atoms in total. The maximum Gasteiger partial charge on any atom is 0.237 e. The molecule has 0 saturated carbocycles. The van der Waals surface area contributed by atoms with E-state index >= 15 is 0 Å². The molecule has 0 radical (unpaired) electrons. The maximum absolute atomic E-state index is 12.8. The quantitative estimate of drug-likeness (QED) is 0.355. The van der Waals surface area contributed by atoms with E-state index in [0.717, 1.165) is 5.69 Å². The Labute approximate surface area is 206 Å². The number of carbonyl (C=O) groups excluding carboxylic acids is 1. The van der Waals surface area contributed by atoms with Crippen molar-refractivity contribution < 1.29 is 14.3 Å². The number of nitrogens with zero attached hydrogens (tertiary/aromatic N) is 3. The van der Waals surface area contributed by atoms with Gasteiger partial charge in [-0.05, 0) is 55.5 Å². The first-order chi connectivity index (χ1) is 16.6. The van der Waals surface area contributed by atoms with Gasteiger partial charge in [0.25, 0.3) is 0 Å². The van der Waals surface area contributed by atoms with E-state index in [0.29, 0.717) is 39.8 Å². The number of hydrogen-bond donors (Lipinski definition) is 1. The van der Waals surface area contributed by atoms with E-state index in [4.69, 9.17) is 21.1 Å². The largest absolute Gasteiger partial charge is 0.485 e. The van der Waals surface area contributed by atoms with Crippen molar-refractivity contribution in [3.05, 3.63) is 89.7 Å². The van der Waals surface area contributed by atoms with Crippen molar-refractivity contribution in [3.63, 3.8) is 0 Å². The summed E-state index contributed by atoms with van der Waals surface area (Å²) in [7, 11) is 0. The zero-order chi connectivity index (χ0) is 23.5. The molecule has 4 aromatic rings. The van der Waals surface area contributed by atoms with Crippen LogP contribution in [0.2, 0.25) is 5.02 Å². The van der Waals surface area contributed by atoms with Crippen molar-refractivity contribution in [1.29, 1.82) is 0 Å². The number of nitrogens with one attached hydrogen (secondary N) is 1. The highest BCUT2D eigenvalue weighted by Gasteiger charge is 2.30. The second-order valence-electron chi connectivity index (χ2n) is 7.63. The van der Waals surface area contributed by atoms with Crippen LogP contribution in [-0.2, 0) is 4.79 Å². The third kappa shape index (κ3) is 4.73. The first-order valence-corrected chi connectivity index (χ1v) is 12.0. The van der Waals surface area contributed by atoms with Crippen LogP contribution in [0.15, 0.2) is 84.0 Å². The fourth-order valence-electron chi connectivity index (χ4n) is 3.52. The SMILES string of the molecule is CC(Sc1nnc(C2COc3ccccc3O2)n1-c1ccccc1)C(=O)Nc1ccc(Cl)cc1.